The number of hydrogen-bond acceptors (Lipinski definition) is 9. The molecule has 0 unspecified atom stereocenters. The third-order valence-electron chi connectivity index (χ3n) is 5.99. The molecule has 2 aromatic heterocycles. The molecule has 0 spiro atoms. The van der Waals surface area contributed by atoms with E-state index in [0.29, 0.717) is 23.6 Å². The first-order chi connectivity index (χ1) is 13.6. The Bertz CT molecular complexity index is 810. The lowest BCUT2D eigenvalue weighted by Crippen LogP contribution is -2.56. The highest BCUT2D eigenvalue weighted by molar-refractivity contribution is 5.81. The first kappa shape index (κ1) is 19.5. The molecule has 0 aromatic carbocycles. The normalized spacial score (nSPS) is 31.6. The molecule has 1 saturated carbocycles. The number of anilines is 1. The van der Waals surface area contributed by atoms with Gasteiger partial charge in [-0.1, -0.05) is 32.1 Å². The van der Waals surface area contributed by atoms with Crippen LogP contribution in [-0.2, 0) is 10.6 Å². The van der Waals surface area contributed by atoms with Crippen molar-refractivity contribution in [2.75, 3.05) is 18.9 Å². The molecule has 0 amide bonds. The molecule has 28 heavy (non-hydrogen) atoms. The van der Waals surface area contributed by atoms with Crippen LogP contribution in [0.1, 0.15) is 38.5 Å². The Labute approximate surface area is 162 Å². The van der Waals surface area contributed by atoms with E-state index in [2.05, 4.69) is 20.3 Å². The zero-order chi connectivity index (χ0) is 19.7. The summed E-state index contributed by atoms with van der Waals surface area (Å²) in [7, 11) is 0. The quantitative estimate of drug-likeness (QED) is 0.446. The van der Waals surface area contributed by atoms with Gasteiger partial charge in [0.15, 0.2) is 11.5 Å². The molecule has 6 N–H and O–H groups in total. The van der Waals surface area contributed by atoms with E-state index in [1.54, 1.807) is 0 Å². The number of nitrogen functional groups attached to an aromatic ring is 1. The zero-order valence-electron chi connectivity index (χ0n) is 15.7. The highest BCUT2D eigenvalue weighted by Gasteiger charge is 2.56. The maximum Gasteiger partial charge on any atom is 0.234 e. The van der Waals surface area contributed by atoms with E-state index in [1.807, 2.05) is 0 Å². The first-order valence-electron chi connectivity index (χ1n) is 9.90. The van der Waals surface area contributed by atoms with Crippen molar-refractivity contribution in [2.24, 2.45) is 5.92 Å². The number of aliphatic hydroxyl groups excluding tert-OH is 3. The smallest absolute Gasteiger partial charge is 0.234 e. The van der Waals surface area contributed by atoms with E-state index < -0.39 is 30.8 Å². The number of nitrogens with zero attached hydrogens (tertiary/aromatic N) is 4. The first-order valence-corrected chi connectivity index (χ1v) is 9.90. The average Bonchev–Trinajstić information content (AvgIpc) is 3.25. The summed E-state index contributed by atoms with van der Waals surface area (Å²) in [4.78, 5) is 12.4. The third-order valence-corrected chi connectivity index (χ3v) is 5.99. The monoisotopic (exact) mass is 392 g/mol. The number of hydrogen-bond donors (Lipinski definition) is 5. The van der Waals surface area contributed by atoms with E-state index in [0.717, 1.165) is 6.42 Å². The number of nitrogens with two attached hydrogens (primary N) is 1. The largest absolute Gasteiger partial charge is 0.394 e. The van der Waals surface area contributed by atoms with Crippen LogP contribution in [0.3, 0.4) is 0 Å². The Morgan fingerprint density at radius 3 is 2.71 bits per heavy atom. The van der Waals surface area contributed by atoms with Crippen LogP contribution in [0.2, 0.25) is 0 Å². The van der Waals surface area contributed by atoms with Gasteiger partial charge in [-0.15, -0.1) is 0 Å². The Hall–Kier alpha value is -1.85. The minimum Gasteiger partial charge on any atom is -0.394 e. The van der Waals surface area contributed by atoms with Crippen LogP contribution in [0, 0.1) is 5.92 Å². The molecule has 0 bridgehead atoms. The van der Waals surface area contributed by atoms with E-state index in [9.17, 15) is 15.3 Å². The SMILES string of the molecule is Nc1ncnc2c1ncn2[C@]1(NCCC2CCCCC2)O[C@H](CO)[C@@H](O)[C@H]1O. The van der Waals surface area contributed by atoms with Gasteiger partial charge in [0, 0.05) is 0 Å². The summed E-state index contributed by atoms with van der Waals surface area (Å²) in [6, 6.07) is 0. The number of ether oxygens (including phenoxy) is 1. The molecular formula is C18H28N6O4. The van der Waals surface area contributed by atoms with Gasteiger partial charge >= 0.3 is 0 Å². The van der Waals surface area contributed by atoms with Crippen LogP contribution in [0.25, 0.3) is 11.2 Å². The van der Waals surface area contributed by atoms with Crippen molar-refractivity contribution in [3.8, 4) is 0 Å². The van der Waals surface area contributed by atoms with Gasteiger partial charge in [-0.25, -0.2) is 15.0 Å². The Balaban J connectivity index is 1.64. The lowest BCUT2D eigenvalue weighted by atomic mass is 9.87. The lowest BCUT2D eigenvalue weighted by molar-refractivity contribution is -0.168. The van der Waals surface area contributed by atoms with E-state index in [4.69, 9.17) is 10.5 Å². The molecule has 10 nitrogen and oxygen atoms in total. The second-order valence-corrected chi connectivity index (χ2v) is 7.74. The fourth-order valence-electron chi connectivity index (χ4n) is 4.41. The van der Waals surface area contributed by atoms with Crippen molar-refractivity contribution in [3.63, 3.8) is 0 Å². The Morgan fingerprint density at radius 1 is 1.21 bits per heavy atom. The van der Waals surface area contributed by atoms with Gasteiger partial charge in [0.1, 0.15) is 36.5 Å². The average molecular weight is 392 g/mol. The van der Waals surface area contributed by atoms with E-state index >= 15 is 0 Å². The van der Waals surface area contributed by atoms with Gasteiger partial charge in [-0.2, -0.15) is 0 Å². The standard InChI is InChI=1S/C18H28N6O4/c19-16-13-17(21-9-20-16)24(10-22-13)18(15(27)14(26)12(8-25)28-18)23-7-6-11-4-2-1-3-5-11/h9-12,14-15,23,25-27H,1-8H2,(H2,19,20,21)/t12-,14-,15-,18+/m1/s1. The van der Waals surface area contributed by atoms with Gasteiger partial charge in [-0.3, -0.25) is 9.88 Å². The molecule has 4 atom stereocenters. The fraction of sp³-hybridized carbons (Fsp3) is 0.722. The van der Waals surface area contributed by atoms with Gasteiger partial charge in [0.2, 0.25) is 5.85 Å². The predicted octanol–water partition coefficient (Wildman–Crippen LogP) is -0.308. The highest BCUT2D eigenvalue weighted by atomic mass is 16.6. The minimum absolute atomic E-state index is 0.216. The molecule has 2 aliphatic rings. The van der Waals surface area contributed by atoms with Crippen molar-refractivity contribution >= 4 is 17.0 Å². The van der Waals surface area contributed by atoms with Crippen LogP contribution in [0.15, 0.2) is 12.7 Å². The van der Waals surface area contributed by atoms with Crippen molar-refractivity contribution in [3.05, 3.63) is 12.7 Å². The molecule has 154 valence electrons. The Kier molecular flexibility index (Phi) is 5.48. The van der Waals surface area contributed by atoms with Crippen LogP contribution < -0.4 is 11.1 Å². The van der Waals surface area contributed by atoms with Crippen molar-refractivity contribution in [1.82, 2.24) is 24.8 Å². The summed E-state index contributed by atoms with van der Waals surface area (Å²) < 4.78 is 7.50. The number of aliphatic hydroxyl groups is 3. The van der Waals surface area contributed by atoms with Gasteiger partial charge in [-0.05, 0) is 18.9 Å². The number of fused-ring (bicyclic) bond motifs is 1. The molecule has 0 radical (unpaired) electrons. The summed E-state index contributed by atoms with van der Waals surface area (Å²) in [5, 5.41) is 34.1. The van der Waals surface area contributed by atoms with Crippen molar-refractivity contribution in [1.29, 1.82) is 0 Å². The summed E-state index contributed by atoms with van der Waals surface area (Å²) in [5.41, 5.74) is 6.64. The molecule has 10 heteroatoms. The summed E-state index contributed by atoms with van der Waals surface area (Å²) in [6.07, 6.45) is 6.39. The molecule has 1 aliphatic heterocycles. The van der Waals surface area contributed by atoms with Crippen LogP contribution in [0.5, 0.6) is 0 Å². The number of nitrogens with one attached hydrogen (secondary N) is 1. The molecule has 2 aromatic rings. The van der Waals surface area contributed by atoms with Gasteiger partial charge < -0.3 is 25.8 Å². The number of rotatable bonds is 6. The predicted molar refractivity (Wildman–Crippen MR) is 101 cm³/mol. The van der Waals surface area contributed by atoms with Crippen LogP contribution >= 0.6 is 0 Å². The van der Waals surface area contributed by atoms with E-state index in [-0.39, 0.29) is 5.82 Å². The molecular weight excluding hydrogens is 364 g/mol. The van der Waals surface area contributed by atoms with Gasteiger partial charge in [0.05, 0.1) is 6.61 Å². The number of aromatic nitrogens is 4. The third kappa shape index (κ3) is 3.25. The summed E-state index contributed by atoms with van der Waals surface area (Å²) >= 11 is 0. The van der Waals surface area contributed by atoms with Crippen molar-refractivity contribution < 1.29 is 20.1 Å². The molecule has 1 saturated heterocycles. The second-order valence-electron chi connectivity index (χ2n) is 7.74. The lowest BCUT2D eigenvalue weighted by Gasteiger charge is -2.35. The number of imidazole rings is 1. The minimum atomic E-state index is -1.50. The summed E-state index contributed by atoms with van der Waals surface area (Å²) in [6.45, 7) is 0.154. The van der Waals surface area contributed by atoms with Crippen LogP contribution in [0.4, 0.5) is 5.82 Å². The molecule has 1 aliphatic carbocycles. The van der Waals surface area contributed by atoms with Crippen molar-refractivity contribution in [2.45, 2.75) is 62.7 Å². The Morgan fingerprint density at radius 2 is 2.00 bits per heavy atom. The highest BCUT2D eigenvalue weighted by Crippen LogP contribution is 2.36. The maximum absolute atomic E-state index is 10.9. The van der Waals surface area contributed by atoms with Gasteiger partial charge in [0.25, 0.3) is 0 Å². The second kappa shape index (κ2) is 7.88. The summed E-state index contributed by atoms with van der Waals surface area (Å²) in [5.74, 6) is -0.655. The van der Waals surface area contributed by atoms with Crippen LogP contribution in [-0.4, -0.2) is 66.3 Å². The topological polar surface area (TPSA) is 152 Å². The fourth-order valence-corrected chi connectivity index (χ4v) is 4.41. The zero-order valence-corrected chi connectivity index (χ0v) is 15.7. The maximum atomic E-state index is 10.9. The van der Waals surface area contributed by atoms with E-state index in [1.165, 1.54) is 49.3 Å². The molecule has 3 heterocycles. The molecule has 4 rings (SSSR count). The molecule has 2 fully saturated rings.